The van der Waals surface area contributed by atoms with Gasteiger partial charge in [0, 0.05) is 18.8 Å². The predicted molar refractivity (Wildman–Crippen MR) is 72.2 cm³/mol. The molecule has 18 heavy (non-hydrogen) atoms. The van der Waals surface area contributed by atoms with Gasteiger partial charge in [-0.15, -0.1) is 0 Å². The van der Waals surface area contributed by atoms with E-state index < -0.39 is 0 Å². The molecule has 1 saturated heterocycles. The lowest BCUT2D eigenvalue weighted by molar-refractivity contribution is 0.0596. The Balaban J connectivity index is 2.18. The molecular formula is C14H21N3O. The number of nitrogen functional groups attached to an aromatic ring is 1. The minimum absolute atomic E-state index is 0.00810. The first-order valence-corrected chi connectivity index (χ1v) is 6.75. The summed E-state index contributed by atoms with van der Waals surface area (Å²) in [6.45, 7) is 2.99. The maximum Gasteiger partial charge on any atom is 0.274 e. The number of carbonyl (C=O) groups is 1. The Bertz CT molecular complexity index is 417. The number of piperidine rings is 1. The van der Waals surface area contributed by atoms with Gasteiger partial charge in [0.2, 0.25) is 0 Å². The summed E-state index contributed by atoms with van der Waals surface area (Å²) in [5, 5.41) is 0. The van der Waals surface area contributed by atoms with Crippen LogP contribution in [0.2, 0.25) is 0 Å². The molecule has 2 heterocycles. The highest BCUT2D eigenvalue weighted by Gasteiger charge is 2.28. The highest BCUT2D eigenvalue weighted by atomic mass is 16.2. The number of hydrogen-bond donors (Lipinski definition) is 1. The van der Waals surface area contributed by atoms with Crippen LogP contribution in [0.5, 0.6) is 0 Å². The minimum atomic E-state index is -0.00810. The zero-order chi connectivity index (χ0) is 13.0. The zero-order valence-corrected chi connectivity index (χ0v) is 10.9. The third-order valence-corrected chi connectivity index (χ3v) is 3.55. The van der Waals surface area contributed by atoms with Crippen molar-refractivity contribution < 1.29 is 4.79 Å². The van der Waals surface area contributed by atoms with Crippen molar-refractivity contribution in [2.45, 2.75) is 45.1 Å². The monoisotopic (exact) mass is 247 g/mol. The van der Waals surface area contributed by atoms with Gasteiger partial charge in [-0.25, -0.2) is 4.98 Å². The van der Waals surface area contributed by atoms with Crippen molar-refractivity contribution in [1.29, 1.82) is 0 Å². The van der Waals surface area contributed by atoms with E-state index in [1.165, 1.54) is 6.42 Å². The molecular weight excluding hydrogens is 226 g/mol. The molecule has 1 aliphatic heterocycles. The molecule has 0 aromatic carbocycles. The van der Waals surface area contributed by atoms with Crippen molar-refractivity contribution in [3.63, 3.8) is 0 Å². The molecule has 1 atom stereocenters. The number of anilines is 1. The van der Waals surface area contributed by atoms with Gasteiger partial charge >= 0.3 is 0 Å². The second-order valence-corrected chi connectivity index (χ2v) is 4.88. The van der Waals surface area contributed by atoms with Crippen LogP contribution in [0.1, 0.15) is 49.5 Å². The zero-order valence-electron chi connectivity index (χ0n) is 10.9. The molecule has 1 aromatic heterocycles. The van der Waals surface area contributed by atoms with Crippen LogP contribution in [0.3, 0.4) is 0 Å². The molecule has 0 spiro atoms. The van der Waals surface area contributed by atoms with Crippen molar-refractivity contribution >= 4 is 11.6 Å². The third kappa shape index (κ3) is 2.63. The number of rotatable bonds is 3. The van der Waals surface area contributed by atoms with Crippen LogP contribution < -0.4 is 5.73 Å². The van der Waals surface area contributed by atoms with E-state index in [0.29, 0.717) is 17.4 Å². The van der Waals surface area contributed by atoms with Gasteiger partial charge in [0.25, 0.3) is 5.91 Å². The number of hydrogen-bond acceptors (Lipinski definition) is 3. The lowest BCUT2D eigenvalue weighted by Crippen LogP contribution is -2.44. The van der Waals surface area contributed by atoms with E-state index in [-0.39, 0.29) is 5.91 Å². The van der Waals surface area contributed by atoms with Crippen molar-refractivity contribution in [1.82, 2.24) is 9.88 Å². The Hall–Kier alpha value is -1.58. The Labute approximate surface area is 108 Å². The average Bonchev–Trinajstić information content (AvgIpc) is 2.40. The fraction of sp³-hybridized carbons (Fsp3) is 0.571. The maximum atomic E-state index is 12.5. The lowest BCUT2D eigenvalue weighted by atomic mass is 9.97. The molecule has 0 bridgehead atoms. The highest BCUT2D eigenvalue weighted by molar-refractivity contribution is 5.97. The van der Waals surface area contributed by atoms with E-state index >= 15 is 0 Å². The summed E-state index contributed by atoms with van der Waals surface area (Å²) < 4.78 is 0. The summed E-state index contributed by atoms with van der Waals surface area (Å²) in [7, 11) is 0. The van der Waals surface area contributed by atoms with Crippen LogP contribution in [0, 0.1) is 0 Å². The van der Waals surface area contributed by atoms with Gasteiger partial charge in [0.05, 0.1) is 5.69 Å². The van der Waals surface area contributed by atoms with Crippen molar-refractivity contribution in [2.75, 3.05) is 12.3 Å². The Kier molecular flexibility index (Phi) is 4.18. The molecule has 1 aliphatic rings. The number of carbonyl (C=O) groups excluding carboxylic acids is 1. The summed E-state index contributed by atoms with van der Waals surface area (Å²) in [5.74, 6) is -0.00810. The Morgan fingerprint density at radius 2 is 2.39 bits per heavy atom. The number of nitrogens with two attached hydrogens (primary N) is 1. The summed E-state index contributed by atoms with van der Waals surface area (Å²) in [6, 6.07) is 3.85. The molecule has 1 unspecified atom stereocenters. The van der Waals surface area contributed by atoms with Gasteiger partial charge in [-0.3, -0.25) is 4.79 Å². The molecule has 0 aliphatic carbocycles. The van der Waals surface area contributed by atoms with Gasteiger partial charge in [0.15, 0.2) is 5.69 Å². The largest absolute Gasteiger partial charge is 0.397 e. The minimum Gasteiger partial charge on any atom is -0.397 e. The molecule has 1 fully saturated rings. The van der Waals surface area contributed by atoms with Crippen LogP contribution >= 0.6 is 0 Å². The number of nitrogens with zero attached hydrogens (tertiary/aromatic N) is 2. The van der Waals surface area contributed by atoms with Gasteiger partial charge in [-0.1, -0.05) is 13.3 Å². The van der Waals surface area contributed by atoms with E-state index in [1.807, 2.05) is 4.90 Å². The van der Waals surface area contributed by atoms with Crippen molar-refractivity contribution in [2.24, 2.45) is 0 Å². The van der Waals surface area contributed by atoms with Gasteiger partial charge in [0.1, 0.15) is 0 Å². The van der Waals surface area contributed by atoms with E-state index in [9.17, 15) is 4.79 Å². The van der Waals surface area contributed by atoms with Crippen molar-refractivity contribution in [3.8, 4) is 0 Å². The second-order valence-electron chi connectivity index (χ2n) is 4.88. The SMILES string of the molecule is CCCC1CCCCN1C(=O)c1ncccc1N. The number of aromatic nitrogens is 1. The Morgan fingerprint density at radius 3 is 3.11 bits per heavy atom. The highest BCUT2D eigenvalue weighted by Crippen LogP contribution is 2.23. The fourth-order valence-electron chi connectivity index (χ4n) is 2.63. The quantitative estimate of drug-likeness (QED) is 0.892. The van der Waals surface area contributed by atoms with Crippen LogP contribution in [0.25, 0.3) is 0 Å². The summed E-state index contributed by atoms with van der Waals surface area (Å²) >= 11 is 0. The van der Waals surface area contributed by atoms with Gasteiger partial charge in [-0.2, -0.15) is 0 Å². The molecule has 4 heteroatoms. The second kappa shape index (κ2) is 5.85. The number of likely N-dealkylation sites (tertiary alicyclic amines) is 1. The molecule has 4 nitrogen and oxygen atoms in total. The Morgan fingerprint density at radius 1 is 1.56 bits per heavy atom. The van der Waals surface area contributed by atoms with Crippen LogP contribution in [-0.4, -0.2) is 28.4 Å². The van der Waals surface area contributed by atoms with Gasteiger partial charge in [-0.05, 0) is 37.8 Å². The van der Waals surface area contributed by atoms with Gasteiger partial charge < -0.3 is 10.6 Å². The third-order valence-electron chi connectivity index (χ3n) is 3.55. The lowest BCUT2D eigenvalue weighted by Gasteiger charge is -2.35. The molecule has 98 valence electrons. The van der Waals surface area contributed by atoms with E-state index in [2.05, 4.69) is 11.9 Å². The van der Waals surface area contributed by atoms with E-state index in [1.54, 1.807) is 18.3 Å². The van der Waals surface area contributed by atoms with E-state index in [4.69, 9.17) is 5.73 Å². The maximum absolute atomic E-state index is 12.5. The fourth-order valence-corrected chi connectivity index (χ4v) is 2.63. The smallest absolute Gasteiger partial charge is 0.274 e. The summed E-state index contributed by atoms with van der Waals surface area (Å²) in [4.78, 5) is 18.6. The molecule has 2 N–H and O–H groups in total. The molecule has 0 radical (unpaired) electrons. The normalized spacial score (nSPS) is 19.8. The van der Waals surface area contributed by atoms with Crippen LogP contribution in [0.15, 0.2) is 18.3 Å². The molecule has 2 rings (SSSR count). The predicted octanol–water partition coefficient (Wildman–Crippen LogP) is 2.46. The van der Waals surface area contributed by atoms with Crippen LogP contribution in [-0.2, 0) is 0 Å². The molecule has 0 saturated carbocycles. The topological polar surface area (TPSA) is 59.2 Å². The summed E-state index contributed by atoms with van der Waals surface area (Å²) in [5.41, 5.74) is 6.72. The van der Waals surface area contributed by atoms with E-state index in [0.717, 1.165) is 32.2 Å². The van der Waals surface area contributed by atoms with Crippen molar-refractivity contribution in [3.05, 3.63) is 24.0 Å². The first-order valence-electron chi connectivity index (χ1n) is 6.75. The first-order chi connectivity index (χ1) is 8.74. The first kappa shape index (κ1) is 12.9. The van der Waals surface area contributed by atoms with Crippen LogP contribution in [0.4, 0.5) is 5.69 Å². The number of pyridine rings is 1. The standard InChI is InChI=1S/C14H21N3O/c1-2-6-11-7-3-4-10-17(11)14(18)13-12(15)8-5-9-16-13/h5,8-9,11H,2-4,6-7,10,15H2,1H3. The molecule has 1 amide bonds. The molecule has 1 aromatic rings. The average molecular weight is 247 g/mol. The number of amides is 1. The summed E-state index contributed by atoms with van der Waals surface area (Å²) in [6.07, 6.45) is 7.20.